The average Bonchev–Trinajstić information content (AvgIpc) is 2.59. The van der Waals surface area contributed by atoms with Crippen LogP contribution in [-0.4, -0.2) is 12.4 Å². The first kappa shape index (κ1) is 15.5. The quantitative estimate of drug-likeness (QED) is 0.454. The molecule has 0 radical (unpaired) electrons. The first-order chi connectivity index (χ1) is 10.7. The van der Waals surface area contributed by atoms with E-state index in [1.165, 1.54) is 0 Å². The van der Waals surface area contributed by atoms with E-state index < -0.39 is 0 Å². The molecule has 0 heterocycles. The molecule has 110 valence electrons. The van der Waals surface area contributed by atoms with Gasteiger partial charge in [-0.25, -0.2) is 0 Å². The van der Waals surface area contributed by atoms with Gasteiger partial charge in [-0.15, -0.1) is 0 Å². The highest BCUT2D eigenvalue weighted by Gasteiger charge is 2.11. The normalized spacial score (nSPS) is 10.8. The second kappa shape index (κ2) is 7.80. The van der Waals surface area contributed by atoms with E-state index in [2.05, 4.69) is 0 Å². The van der Waals surface area contributed by atoms with Gasteiger partial charge in [-0.1, -0.05) is 49.4 Å². The van der Waals surface area contributed by atoms with Crippen molar-refractivity contribution in [1.82, 2.24) is 0 Å². The van der Waals surface area contributed by atoms with Crippen LogP contribution in [0.3, 0.4) is 0 Å². The number of hydrogen-bond acceptors (Lipinski definition) is 3. The van der Waals surface area contributed by atoms with Gasteiger partial charge in [0.2, 0.25) is 5.78 Å². The van der Waals surface area contributed by atoms with Gasteiger partial charge in [0, 0.05) is 5.56 Å². The number of carbonyl (C=O) groups excluding carboxylic acids is 1. The summed E-state index contributed by atoms with van der Waals surface area (Å²) in [5, 5.41) is 9.23. The van der Waals surface area contributed by atoms with E-state index in [0.29, 0.717) is 12.2 Å². The molecule has 22 heavy (non-hydrogen) atoms. The molecule has 0 amide bonds. The van der Waals surface area contributed by atoms with Crippen molar-refractivity contribution in [3.63, 3.8) is 0 Å². The molecule has 0 aliphatic carbocycles. The minimum absolute atomic E-state index is 0.119. The Balaban J connectivity index is 2.19. The Labute approximate surface area is 130 Å². The lowest BCUT2D eigenvalue weighted by Crippen LogP contribution is -2.01. The lowest BCUT2D eigenvalue weighted by Gasteiger charge is -2.04. The Hall–Kier alpha value is -2.86. The van der Waals surface area contributed by atoms with Crippen molar-refractivity contribution in [2.75, 3.05) is 6.61 Å². The molecule has 0 atom stereocenters. The highest BCUT2D eigenvalue weighted by Crippen LogP contribution is 2.16. The number of ether oxygens (including phenoxy) is 1. The third kappa shape index (κ3) is 4.07. The maximum Gasteiger partial charge on any atom is 0.203 e. The fraction of sp³-hybridized carbons (Fsp3) is 0.158. The number of nitriles is 1. The second-order valence-electron chi connectivity index (χ2n) is 4.78. The Bertz CT molecular complexity index is 694. The SMILES string of the molecule is CCCOc1ccc(/C=C(/C#N)C(=O)c2ccccc2)cc1. The van der Waals surface area contributed by atoms with Crippen molar-refractivity contribution in [3.8, 4) is 11.8 Å². The minimum atomic E-state index is -0.269. The number of carbonyl (C=O) groups is 1. The lowest BCUT2D eigenvalue weighted by molar-refractivity contribution is 0.104. The summed E-state index contributed by atoms with van der Waals surface area (Å²) in [6, 6.07) is 18.1. The monoisotopic (exact) mass is 291 g/mol. The molecule has 2 rings (SSSR count). The first-order valence-corrected chi connectivity index (χ1v) is 7.19. The van der Waals surface area contributed by atoms with Gasteiger partial charge in [-0.3, -0.25) is 4.79 Å². The van der Waals surface area contributed by atoms with Gasteiger partial charge in [-0.2, -0.15) is 5.26 Å². The number of benzene rings is 2. The molecule has 0 saturated carbocycles. The topological polar surface area (TPSA) is 50.1 Å². The molecule has 3 heteroatoms. The van der Waals surface area contributed by atoms with Crippen LogP contribution in [-0.2, 0) is 0 Å². The summed E-state index contributed by atoms with van der Waals surface area (Å²) in [5.41, 5.74) is 1.43. The van der Waals surface area contributed by atoms with Crippen LogP contribution in [0.5, 0.6) is 5.75 Å². The van der Waals surface area contributed by atoms with Crippen LogP contribution in [0.4, 0.5) is 0 Å². The smallest absolute Gasteiger partial charge is 0.203 e. The van der Waals surface area contributed by atoms with E-state index in [4.69, 9.17) is 4.74 Å². The molecule has 2 aromatic carbocycles. The summed E-state index contributed by atoms with van der Waals surface area (Å²) >= 11 is 0. The standard InChI is InChI=1S/C19H17NO2/c1-2-12-22-18-10-8-15(9-11-18)13-17(14-20)19(21)16-6-4-3-5-7-16/h3-11,13H,2,12H2,1H3/b17-13-. The molecule has 0 aliphatic heterocycles. The van der Waals surface area contributed by atoms with Gasteiger partial charge >= 0.3 is 0 Å². The zero-order valence-corrected chi connectivity index (χ0v) is 12.5. The number of ketones is 1. The van der Waals surface area contributed by atoms with E-state index in [9.17, 15) is 10.1 Å². The number of rotatable bonds is 6. The van der Waals surface area contributed by atoms with Crippen LogP contribution in [0.2, 0.25) is 0 Å². The van der Waals surface area contributed by atoms with Crippen molar-refractivity contribution < 1.29 is 9.53 Å². The molecular formula is C19H17NO2. The fourth-order valence-electron chi connectivity index (χ4n) is 1.94. The van der Waals surface area contributed by atoms with Gasteiger partial charge in [0.1, 0.15) is 17.4 Å². The van der Waals surface area contributed by atoms with E-state index in [1.54, 1.807) is 30.3 Å². The van der Waals surface area contributed by atoms with Gasteiger partial charge in [0.15, 0.2) is 0 Å². The predicted octanol–water partition coefficient (Wildman–Crippen LogP) is 4.27. The number of allylic oxidation sites excluding steroid dienone is 1. The van der Waals surface area contributed by atoms with Crippen molar-refractivity contribution >= 4 is 11.9 Å². The molecule has 0 aliphatic rings. The fourth-order valence-corrected chi connectivity index (χ4v) is 1.94. The summed E-state index contributed by atoms with van der Waals surface area (Å²) in [6.07, 6.45) is 2.55. The summed E-state index contributed by atoms with van der Waals surface area (Å²) in [5.74, 6) is 0.515. The van der Waals surface area contributed by atoms with Crippen LogP contribution in [0.1, 0.15) is 29.3 Å². The van der Waals surface area contributed by atoms with Crippen LogP contribution in [0.25, 0.3) is 6.08 Å². The number of Topliss-reactive ketones (excluding diaryl/α,β-unsaturated/α-hetero) is 1. The number of nitrogens with zero attached hydrogens (tertiary/aromatic N) is 1. The molecule has 2 aromatic rings. The van der Waals surface area contributed by atoms with Crippen molar-refractivity contribution in [2.45, 2.75) is 13.3 Å². The van der Waals surface area contributed by atoms with E-state index in [0.717, 1.165) is 17.7 Å². The summed E-state index contributed by atoms with van der Waals surface area (Å²) < 4.78 is 5.51. The first-order valence-electron chi connectivity index (χ1n) is 7.19. The molecule has 0 unspecified atom stereocenters. The van der Waals surface area contributed by atoms with Gasteiger partial charge < -0.3 is 4.74 Å². The summed E-state index contributed by atoms with van der Waals surface area (Å²) in [7, 11) is 0. The Morgan fingerprint density at radius 2 is 1.82 bits per heavy atom. The highest BCUT2D eigenvalue weighted by atomic mass is 16.5. The van der Waals surface area contributed by atoms with Crippen LogP contribution in [0.15, 0.2) is 60.2 Å². The molecule has 0 aromatic heterocycles. The van der Waals surface area contributed by atoms with Crippen molar-refractivity contribution in [2.24, 2.45) is 0 Å². The van der Waals surface area contributed by atoms with Crippen LogP contribution < -0.4 is 4.74 Å². The van der Waals surface area contributed by atoms with Gasteiger partial charge in [0.05, 0.1) is 6.61 Å². The van der Waals surface area contributed by atoms with E-state index >= 15 is 0 Å². The predicted molar refractivity (Wildman–Crippen MR) is 86.6 cm³/mol. The molecule has 0 fully saturated rings. The Morgan fingerprint density at radius 3 is 2.41 bits per heavy atom. The Kier molecular flexibility index (Phi) is 5.50. The zero-order chi connectivity index (χ0) is 15.8. The molecule has 0 saturated heterocycles. The van der Waals surface area contributed by atoms with Crippen LogP contribution in [0, 0.1) is 11.3 Å². The lowest BCUT2D eigenvalue weighted by atomic mass is 10.0. The summed E-state index contributed by atoms with van der Waals surface area (Å²) in [4.78, 5) is 12.3. The Morgan fingerprint density at radius 1 is 1.14 bits per heavy atom. The highest BCUT2D eigenvalue weighted by molar-refractivity contribution is 6.13. The third-order valence-electron chi connectivity index (χ3n) is 3.07. The molecule has 0 spiro atoms. The third-order valence-corrected chi connectivity index (χ3v) is 3.07. The van der Waals surface area contributed by atoms with Gasteiger partial charge in [0.25, 0.3) is 0 Å². The zero-order valence-electron chi connectivity index (χ0n) is 12.5. The second-order valence-corrected chi connectivity index (χ2v) is 4.78. The molecule has 0 bridgehead atoms. The number of hydrogen-bond donors (Lipinski definition) is 0. The average molecular weight is 291 g/mol. The molecular weight excluding hydrogens is 274 g/mol. The van der Waals surface area contributed by atoms with Crippen molar-refractivity contribution in [1.29, 1.82) is 5.26 Å². The molecule has 0 N–H and O–H groups in total. The maximum absolute atomic E-state index is 12.3. The van der Waals surface area contributed by atoms with E-state index in [-0.39, 0.29) is 11.4 Å². The summed E-state index contributed by atoms with van der Waals surface area (Å²) in [6.45, 7) is 2.72. The van der Waals surface area contributed by atoms with Crippen molar-refractivity contribution in [3.05, 3.63) is 71.3 Å². The maximum atomic E-state index is 12.3. The van der Waals surface area contributed by atoms with Gasteiger partial charge in [-0.05, 0) is 30.2 Å². The minimum Gasteiger partial charge on any atom is -0.494 e. The molecule has 3 nitrogen and oxygen atoms in total. The largest absolute Gasteiger partial charge is 0.494 e. The van der Waals surface area contributed by atoms with Crippen LogP contribution >= 0.6 is 0 Å². The van der Waals surface area contributed by atoms with E-state index in [1.807, 2.05) is 43.3 Å².